The van der Waals surface area contributed by atoms with Gasteiger partial charge >= 0.3 is 0 Å². The average molecular weight is 239 g/mol. The van der Waals surface area contributed by atoms with Gasteiger partial charge in [-0.3, -0.25) is 0 Å². The quantitative estimate of drug-likeness (QED) is 0.877. The van der Waals surface area contributed by atoms with Gasteiger partial charge in [-0.1, -0.05) is 6.92 Å². The summed E-state index contributed by atoms with van der Waals surface area (Å²) in [6.07, 6.45) is 3.78. The first-order valence-corrected chi connectivity index (χ1v) is 7.32. The lowest BCUT2D eigenvalue weighted by Crippen LogP contribution is -2.11. The van der Waals surface area contributed by atoms with E-state index in [1.807, 2.05) is 12.1 Å². The summed E-state index contributed by atoms with van der Waals surface area (Å²) in [5, 5.41) is 3.33. The molecule has 3 nitrogen and oxygen atoms in total. The third kappa shape index (κ3) is 2.76. The van der Waals surface area contributed by atoms with Crippen LogP contribution in [-0.2, 0) is 9.84 Å². The third-order valence-electron chi connectivity index (χ3n) is 3.11. The van der Waals surface area contributed by atoms with E-state index in [1.54, 1.807) is 12.1 Å². The molecule has 0 atom stereocenters. The van der Waals surface area contributed by atoms with Gasteiger partial charge in [0.05, 0.1) is 4.90 Å². The predicted molar refractivity (Wildman–Crippen MR) is 65.4 cm³/mol. The fraction of sp³-hybridized carbons (Fsp3) is 0.500. The standard InChI is InChI=1S/C12H17NO2S/c1-12(7-8-12)9-13-10-3-5-11(6-4-10)16(2,14)15/h3-6,13H,7-9H2,1-2H3. The lowest BCUT2D eigenvalue weighted by molar-refractivity contribution is 0.601. The number of rotatable bonds is 4. The van der Waals surface area contributed by atoms with Crippen LogP contribution < -0.4 is 5.32 Å². The third-order valence-corrected chi connectivity index (χ3v) is 4.23. The second-order valence-corrected chi connectivity index (χ2v) is 6.98. The molecule has 0 spiro atoms. The van der Waals surface area contributed by atoms with E-state index in [2.05, 4.69) is 12.2 Å². The molecule has 16 heavy (non-hydrogen) atoms. The van der Waals surface area contributed by atoms with E-state index in [4.69, 9.17) is 0 Å². The van der Waals surface area contributed by atoms with Crippen LogP contribution in [0.2, 0.25) is 0 Å². The van der Waals surface area contributed by atoms with Gasteiger partial charge in [-0.05, 0) is 42.5 Å². The Hall–Kier alpha value is -1.03. The fourth-order valence-electron chi connectivity index (χ4n) is 1.53. The number of nitrogens with one attached hydrogen (secondary N) is 1. The number of anilines is 1. The Balaban J connectivity index is 2.02. The van der Waals surface area contributed by atoms with Crippen molar-refractivity contribution in [2.24, 2.45) is 5.41 Å². The van der Waals surface area contributed by atoms with Crippen LogP contribution in [0.4, 0.5) is 5.69 Å². The summed E-state index contributed by atoms with van der Waals surface area (Å²) in [5.41, 5.74) is 1.44. The largest absolute Gasteiger partial charge is 0.384 e. The number of benzene rings is 1. The van der Waals surface area contributed by atoms with Crippen LogP contribution in [0.3, 0.4) is 0 Å². The van der Waals surface area contributed by atoms with Gasteiger partial charge in [-0.15, -0.1) is 0 Å². The molecule has 0 saturated heterocycles. The molecule has 0 bridgehead atoms. The molecule has 1 aliphatic rings. The minimum atomic E-state index is -3.08. The van der Waals surface area contributed by atoms with Crippen molar-refractivity contribution in [1.29, 1.82) is 0 Å². The average Bonchev–Trinajstić information content (AvgIpc) is 2.94. The van der Waals surface area contributed by atoms with E-state index >= 15 is 0 Å². The van der Waals surface area contributed by atoms with Crippen LogP contribution in [0, 0.1) is 5.41 Å². The Labute approximate surface area is 96.8 Å². The smallest absolute Gasteiger partial charge is 0.175 e. The van der Waals surface area contributed by atoms with Crippen molar-refractivity contribution in [3.05, 3.63) is 24.3 Å². The zero-order chi connectivity index (χ0) is 11.8. The summed E-state index contributed by atoms with van der Waals surface area (Å²) in [7, 11) is -3.08. The van der Waals surface area contributed by atoms with E-state index in [0.29, 0.717) is 10.3 Å². The summed E-state index contributed by atoms with van der Waals surface area (Å²) in [6.45, 7) is 3.22. The molecule has 0 amide bonds. The second-order valence-electron chi connectivity index (χ2n) is 4.96. The highest BCUT2D eigenvalue weighted by Crippen LogP contribution is 2.44. The van der Waals surface area contributed by atoms with Gasteiger partial charge in [-0.2, -0.15) is 0 Å². The Morgan fingerprint density at radius 1 is 1.25 bits per heavy atom. The topological polar surface area (TPSA) is 46.2 Å². The maximum absolute atomic E-state index is 11.3. The minimum Gasteiger partial charge on any atom is -0.384 e. The Morgan fingerprint density at radius 3 is 2.25 bits per heavy atom. The molecule has 0 aromatic heterocycles. The van der Waals surface area contributed by atoms with Gasteiger partial charge in [0.1, 0.15) is 0 Å². The van der Waals surface area contributed by atoms with Crippen molar-refractivity contribution in [3.8, 4) is 0 Å². The lowest BCUT2D eigenvalue weighted by atomic mass is 10.1. The van der Waals surface area contributed by atoms with Crippen LogP contribution in [0.5, 0.6) is 0 Å². The molecule has 1 aromatic rings. The molecule has 1 aliphatic carbocycles. The molecule has 2 rings (SSSR count). The monoisotopic (exact) mass is 239 g/mol. The molecule has 0 aliphatic heterocycles. The SMILES string of the molecule is CC1(CNc2ccc(S(C)(=O)=O)cc2)CC1. The van der Waals surface area contributed by atoms with Crippen LogP contribution in [0.25, 0.3) is 0 Å². The molecule has 0 heterocycles. The van der Waals surface area contributed by atoms with Gasteiger partial charge in [-0.25, -0.2) is 8.42 Å². The molecule has 0 radical (unpaired) electrons. The molecule has 1 saturated carbocycles. The predicted octanol–water partition coefficient (Wildman–Crippen LogP) is 2.30. The van der Waals surface area contributed by atoms with Crippen LogP contribution >= 0.6 is 0 Å². The first-order chi connectivity index (χ1) is 7.39. The highest BCUT2D eigenvalue weighted by atomic mass is 32.2. The van der Waals surface area contributed by atoms with Crippen molar-refractivity contribution in [2.75, 3.05) is 18.1 Å². The zero-order valence-corrected chi connectivity index (χ0v) is 10.5. The maximum Gasteiger partial charge on any atom is 0.175 e. The van der Waals surface area contributed by atoms with Gasteiger partial charge in [0.25, 0.3) is 0 Å². The summed E-state index contributed by atoms with van der Waals surface area (Å²) < 4.78 is 22.5. The van der Waals surface area contributed by atoms with E-state index in [0.717, 1.165) is 12.2 Å². The molecule has 1 aromatic carbocycles. The summed E-state index contributed by atoms with van der Waals surface area (Å²) >= 11 is 0. The summed E-state index contributed by atoms with van der Waals surface area (Å²) in [6, 6.07) is 6.93. The zero-order valence-electron chi connectivity index (χ0n) is 9.66. The first-order valence-electron chi connectivity index (χ1n) is 5.43. The Morgan fingerprint density at radius 2 is 1.81 bits per heavy atom. The highest BCUT2D eigenvalue weighted by molar-refractivity contribution is 7.90. The lowest BCUT2D eigenvalue weighted by Gasteiger charge is -2.11. The molecule has 1 N–H and O–H groups in total. The molecule has 0 unspecified atom stereocenters. The Bertz CT molecular complexity index is 472. The van der Waals surface area contributed by atoms with E-state index in [1.165, 1.54) is 19.1 Å². The fourth-order valence-corrected chi connectivity index (χ4v) is 2.16. The van der Waals surface area contributed by atoms with Crippen molar-refractivity contribution < 1.29 is 8.42 Å². The van der Waals surface area contributed by atoms with Crippen LogP contribution in [0.1, 0.15) is 19.8 Å². The van der Waals surface area contributed by atoms with Gasteiger partial charge < -0.3 is 5.32 Å². The van der Waals surface area contributed by atoms with E-state index in [-0.39, 0.29) is 0 Å². The number of hydrogen-bond donors (Lipinski definition) is 1. The van der Waals surface area contributed by atoms with Crippen LogP contribution in [0.15, 0.2) is 29.2 Å². The molecule has 1 fully saturated rings. The molecule has 88 valence electrons. The number of hydrogen-bond acceptors (Lipinski definition) is 3. The molecular weight excluding hydrogens is 222 g/mol. The first kappa shape index (κ1) is 11.5. The summed E-state index contributed by atoms with van der Waals surface area (Å²) in [4.78, 5) is 0.371. The minimum absolute atomic E-state index is 0.371. The summed E-state index contributed by atoms with van der Waals surface area (Å²) in [5.74, 6) is 0. The van der Waals surface area contributed by atoms with Crippen molar-refractivity contribution in [2.45, 2.75) is 24.7 Å². The normalized spacial score (nSPS) is 18.1. The van der Waals surface area contributed by atoms with Crippen molar-refractivity contribution in [3.63, 3.8) is 0 Å². The van der Waals surface area contributed by atoms with E-state index in [9.17, 15) is 8.42 Å². The molecule has 4 heteroatoms. The number of sulfone groups is 1. The van der Waals surface area contributed by atoms with Gasteiger partial charge in [0.15, 0.2) is 9.84 Å². The maximum atomic E-state index is 11.3. The molecular formula is C12H17NO2S. The van der Waals surface area contributed by atoms with Crippen LogP contribution in [-0.4, -0.2) is 21.2 Å². The van der Waals surface area contributed by atoms with Crippen molar-refractivity contribution >= 4 is 15.5 Å². The highest BCUT2D eigenvalue weighted by Gasteiger charge is 2.36. The Kier molecular flexibility index (Phi) is 2.70. The van der Waals surface area contributed by atoms with Gasteiger partial charge in [0.2, 0.25) is 0 Å². The van der Waals surface area contributed by atoms with E-state index < -0.39 is 9.84 Å². The van der Waals surface area contributed by atoms with Crippen molar-refractivity contribution in [1.82, 2.24) is 0 Å². The van der Waals surface area contributed by atoms with Gasteiger partial charge in [0, 0.05) is 18.5 Å². The second kappa shape index (κ2) is 3.77.